The minimum atomic E-state index is -0.333. The minimum Gasteiger partial charge on any atom is -0.329 e. The Balaban J connectivity index is 3.58. The van der Waals surface area contributed by atoms with Crippen molar-refractivity contribution < 1.29 is 0 Å². The largest absolute Gasteiger partial charge is 0.329 e. The molecule has 0 bridgehead atoms. The molecule has 0 aromatic carbocycles. The third kappa shape index (κ3) is 2.25. The fraction of sp³-hybridized carbons (Fsp3) is 1.00. The second-order valence-electron chi connectivity index (χ2n) is 1.90. The van der Waals surface area contributed by atoms with Crippen LogP contribution in [-0.4, -0.2) is 23.1 Å². The van der Waals surface area contributed by atoms with E-state index >= 15 is 0 Å². The molecule has 0 atom stereocenters. The zero-order chi connectivity index (χ0) is 6.62. The van der Waals surface area contributed by atoms with Crippen LogP contribution in [-0.2, 0) is 0 Å². The summed E-state index contributed by atoms with van der Waals surface area (Å²) in [5.41, 5.74) is 15.9. The molecule has 0 saturated heterocycles. The van der Waals surface area contributed by atoms with Crippen LogP contribution in [0.4, 0.5) is 0 Å². The Hall–Kier alpha value is 0.610. The van der Waals surface area contributed by atoms with Crippen molar-refractivity contribution in [2.24, 2.45) is 17.2 Å². The van der Waals surface area contributed by atoms with E-state index in [2.05, 4.69) is 22.6 Å². The van der Waals surface area contributed by atoms with E-state index in [9.17, 15) is 0 Å². The van der Waals surface area contributed by atoms with E-state index in [0.29, 0.717) is 13.1 Å². The van der Waals surface area contributed by atoms with Gasteiger partial charge in [0.15, 0.2) is 0 Å². The summed E-state index contributed by atoms with van der Waals surface area (Å²) in [4.78, 5) is 0. The number of rotatable bonds is 3. The molecule has 3 nitrogen and oxygen atoms in total. The maximum absolute atomic E-state index is 5.64. The topological polar surface area (TPSA) is 78.1 Å². The number of hydrogen-bond donors (Lipinski definition) is 3. The molecule has 0 aliphatic carbocycles. The average molecular weight is 229 g/mol. The first-order chi connectivity index (χ1) is 3.68. The third-order valence-corrected chi connectivity index (χ3v) is 2.60. The van der Waals surface area contributed by atoms with E-state index in [-0.39, 0.29) is 5.54 Å². The molecule has 0 aromatic rings. The molecule has 0 saturated carbocycles. The summed E-state index contributed by atoms with van der Waals surface area (Å²) in [5.74, 6) is 0. The van der Waals surface area contributed by atoms with Crippen molar-refractivity contribution in [3.63, 3.8) is 0 Å². The molecular formula is C4H12IN3. The maximum atomic E-state index is 5.64. The van der Waals surface area contributed by atoms with Crippen molar-refractivity contribution in [2.75, 3.05) is 17.5 Å². The molecule has 50 valence electrons. The van der Waals surface area contributed by atoms with Gasteiger partial charge in [-0.25, -0.2) is 0 Å². The Labute approximate surface area is 63.1 Å². The molecule has 8 heavy (non-hydrogen) atoms. The van der Waals surface area contributed by atoms with Gasteiger partial charge in [-0.3, -0.25) is 0 Å². The fourth-order valence-corrected chi connectivity index (χ4v) is 0.815. The molecule has 0 aromatic heterocycles. The number of nitrogens with two attached hydrogens (primary N) is 3. The Morgan fingerprint density at radius 1 is 1.25 bits per heavy atom. The van der Waals surface area contributed by atoms with Gasteiger partial charge in [0.25, 0.3) is 0 Å². The minimum absolute atomic E-state index is 0.333. The third-order valence-electron chi connectivity index (χ3n) is 1.08. The van der Waals surface area contributed by atoms with E-state index in [4.69, 9.17) is 17.2 Å². The Morgan fingerprint density at radius 3 is 1.62 bits per heavy atom. The molecule has 0 spiro atoms. The molecule has 0 aliphatic heterocycles. The first-order valence-corrected chi connectivity index (χ1v) is 3.96. The molecule has 0 rings (SSSR count). The summed E-state index contributed by atoms with van der Waals surface area (Å²) in [6.45, 7) is 0.929. The summed E-state index contributed by atoms with van der Waals surface area (Å²) in [5, 5.41) is 0. The van der Waals surface area contributed by atoms with E-state index < -0.39 is 0 Å². The number of hydrogen-bond acceptors (Lipinski definition) is 3. The Kier molecular flexibility index (Phi) is 3.87. The second kappa shape index (κ2) is 3.60. The lowest BCUT2D eigenvalue weighted by atomic mass is 10.1. The average Bonchev–Trinajstić information content (AvgIpc) is 1.87. The molecule has 0 heterocycles. The lowest BCUT2D eigenvalue weighted by molar-refractivity contribution is 0.508. The van der Waals surface area contributed by atoms with Gasteiger partial charge < -0.3 is 17.2 Å². The molecule has 0 amide bonds. The van der Waals surface area contributed by atoms with Crippen LogP contribution < -0.4 is 17.2 Å². The highest BCUT2D eigenvalue weighted by atomic mass is 127. The van der Waals surface area contributed by atoms with Gasteiger partial charge >= 0.3 is 0 Å². The van der Waals surface area contributed by atoms with Gasteiger partial charge in [-0.05, 0) is 0 Å². The highest BCUT2D eigenvalue weighted by molar-refractivity contribution is 14.1. The van der Waals surface area contributed by atoms with Gasteiger partial charge in [0.2, 0.25) is 0 Å². The lowest BCUT2D eigenvalue weighted by Crippen LogP contribution is -2.54. The van der Waals surface area contributed by atoms with Crippen molar-refractivity contribution in [2.45, 2.75) is 5.54 Å². The smallest absolute Gasteiger partial charge is 0.0493 e. The normalized spacial score (nSPS) is 12.0. The van der Waals surface area contributed by atoms with Gasteiger partial charge in [-0.2, -0.15) is 0 Å². The SMILES string of the molecule is NCC(N)(CN)CI. The van der Waals surface area contributed by atoms with Crippen molar-refractivity contribution in [1.82, 2.24) is 0 Å². The fourth-order valence-electron chi connectivity index (χ4n) is 0.192. The quantitative estimate of drug-likeness (QED) is 0.430. The molecule has 4 heteroatoms. The molecule has 0 aliphatic rings. The van der Waals surface area contributed by atoms with E-state index in [1.807, 2.05) is 0 Å². The van der Waals surface area contributed by atoms with Crippen LogP contribution in [0, 0.1) is 0 Å². The van der Waals surface area contributed by atoms with Gasteiger partial charge in [0.05, 0.1) is 0 Å². The highest BCUT2D eigenvalue weighted by Gasteiger charge is 2.18. The first kappa shape index (κ1) is 8.61. The van der Waals surface area contributed by atoms with Crippen LogP contribution in [0.25, 0.3) is 0 Å². The molecule has 0 fully saturated rings. The number of halogens is 1. The van der Waals surface area contributed by atoms with Gasteiger partial charge in [-0.1, -0.05) is 22.6 Å². The van der Waals surface area contributed by atoms with Crippen LogP contribution in [0.15, 0.2) is 0 Å². The Bertz CT molecular complexity index is 54.0. The standard InChI is InChI=1S/C4H12IN3/c5-1-4(8,2-6)3-7/h1-3,6-8H2. The van der Waals surface area contributed by atoms with Gasteiger partial charge in [-0.15, -0.1) is 0 Å². The molecular weight excluding hydrogens is 217 g/mol. The molecule has 6 N–H and O–H groups in total. The van der Waals surface area contributed by atoms with Gasteiger partial charge in [0, 0.05) is 23.1 Å². The predicted octanol–water partition coefficient (Wildman–Crippen LogP) is -0.964. The lowest BCUT2D eigenvalue weighted by Gasteiger charge is -2.22. The first-order valence-electron chi connectivity index (χ1n) is 2.43. The summed E-state index contributed by atoms with van der Waals surface area (Å²) in [6.07, 6.45) is 0. The van der Waals surface area contributed by atoms with Gasteiger partial charge in [0.1, 0.15) is 0 Å². The summed E-state index contributed by atoms with van der Waals surface area (Å²) < 4.78 is 0.817. The van der Waals surface area contributed by atoms with Crippen LogP contribution in [0.2, 0.25) is 0 Å². The van der Waals surface area contributed by atoms with Crippen LogP contribution in [0.1, 0.15) is 0 Å². The van der Waals surface area contributed by atoms with Crippen molar-refractivity contribution in [1.29, 1.82) is 0 Å². The molecule has 0 unspecified atom stereocenters. The zero-order valence-corrected chi connectivity index (χ0v) is 6.89. The second-order valence-corrected chi connectivity index (χ2v) is 2.67. The summed E-state index contributed by atoms with van der Waals surface area (Å²) >= 11 is 2.18. The summed E-state index contributed by atoms with van der Waals surface area (Å²) in [7, 11) is 0. The maximum Gasteiger partial charge on any atom is 0.0493 e. The van der Waals surface area contributed by atoms with E-state index in [0.717, 1.165) is 4.43 Å². The van der Waals surface area contributed by atoms with Crippen LogP contribution in [0.3, 0.4) is 0 Å². The van der Waals surface area contributed by atoms with Crippen molar-refractivity contribution in [3.05, 3.63) is 0 Å². The van der Waals surface area contributed by atoms with Crippen LogP contribution >= 0.6 is 22.6 Å². The highest BCUT2D eigenvalue weighted by Crippen LogP contribution is 1.99. The summed E-state index contributed by atoms with van der Waals surface area (Å²) in [6, 6.07) is 0. The zero-order valence-electron chi connectivity index (χ0n) is 4.73. The predicted molar refractivity (Wildman–Crippen MR) is 43.9 cm³/mol. The van der Waals surface area contributed by atoms with E-state index in [1.54, 1.807) is 0 Å². The monoisotopic (exact) mass is 229 g/mol. The van der Waals surface area contributed by atoms with Crippen LogP contribution in [0.5, 0.6) is 0 Å². The van der Waals surface area contributed by atoms with E-state index in [1.165, 1.54) is 0 Å². The van der Waals surface area contributed by atoms with Crippen molar-refractivity contribution in [3.8, 4) is 0 Å². The molecule has 0 radical (unpaired) electrons. The number of alkyl halides is 1. The van der Waals surface area contributed by atoms with Crippen molar-refractivity contribution >= 4 is 22.6 Å². The Morgan fingerprint density at radius 2 is 1.62 bits per heavy atom.